The third-order valence-electron chi connectivity index (χ3n) is 2.74. The summed E-state index contributed by atoms with van der Waals surface area (Å²) in [5.74, 6) is 0.725. The highest BCUT2D eigenvalue weighted by Gasteiger charge is 2.27. The number of hydrogen-bond acceptors (Lipinski definition) is 5. The van der Waals surface area contributed by atoms with Gasteiger partial charge in [0, 0.05) is 23.6 Å². The molecule has 8 heteroatoms. The van der Waals surface area contributed by atoms with Crippen LogP contribution in [-0.4, -0.2) is 51.7 Å². The number of benzene rings is 1. The Morgan fingerprint density at radius 2 is 1.90 bits per heavy atom. The Morgan fingerprint density at radius 3 is 2.38 bits per heavy atom. The fraction of sp³-hybridized carbons (Fsp3) is 0.385. The molecular formula is C13H18BrNO5S. The van der Waals surface area contributed by atoms with Crippen LogP contribution in [0.5, 0.6) is 11.5 Å². The van der Waals surface area contributed by atoms with Gasteiger partial charge in [-0.3, -0.25) is 0 Å². The Kier molecular flexibility index (Phi) is 6.66. The Labute approximate surface area is 133 Å². The van der Waals surface area contributed by atoms with E-state index in [4.69, 9.17) is 14.6 Å². The molecule has 0 aromatic heterocycles. The fourth-order valence-corrected chi connectivity index (χ4v) is 4.14. The molecule has 0 aliphatic heterocycles. The average Bonchev–Trinajstić information content (AvgIpc) is 2.46. The quantitative estimate of drug-likeness (QED) is 0.694. The summed E-state index contributed by atoms with van der Waals surface area (Å²) >= 11 is 3.23. The maximum absolute atomic E-state index is 12.6. The van der Waals surface area contributed by atoms with Gasteiger partial charge in [-0.2, -0.15) is 4.31 Å². The molecule has 118 valence electrons. The third kappa shape index (κ3) is 3.97. The van der Waals surface area contributed by atoms with Gasteiger partial charge in [0.15, 0.2) is 11.5 Å². The zero-order valence-electron chi connectivity index (χ0n) is 11.9. The molecule has 0 aliphatic rings. The first-order valence-corrected chi connectivity index (χ1v) is 8.29. The van der Waals surface area contributed by atoms with E-state index in [1.54, 1.807) is 0 Å². The van der Waals surface area contributed by atoms with E-state index in [0.29, 0.717) is 16.0 Å². The summed E-state index contributed by atoms with van der Waals surface area (Å²) in [6.07, 6.45) is 1.46. The summed E-state index contributed by atoms with van der Waals surface area (Å²) in [7, 11) is -0.899. The van der Waals surface area contributed by atoms with Gasteiger partial charge >= 0.3 is 0 Å². The highest BCUT2D eigenvalue weighted by molar-refractivity contribution is 9.10. The van der Waals surface area contributed by atoms with Gasteiger partial charge < -0.3 is 14.6 Å². The van der Waals surface area contributed by atoms with E-state index in [1.165, 1.54) is 32.4 Å². The van der Waals surface area contributed by atoms with Crippen molar-refractivity contribution in [3.05, 3.63) is 29.3 Å². The van der Waals surface area contributed by atoms with Crippen LogP contribution in [0.3, 0.4) is 0 Å². The molecule has 1 aromatic carbocycles. The van der Waals surface area contributed by atoms with Gasteiger partial charge in [0.1, 0.15) is 4.90 Å². The lowest BCUT2D eigenvalue weighted by Crippen LogP contribution is -2.34. The molecular weight excluding hydrogens is 362 g/mol. The molecule has 1 N–H and O–H groups in total. The molecule has 0 bridgehead atoms. The average molecular weight is 380 g/mol. The summed E-state index contributed by atoms with van der Waals surface area (Å²) in [5, 5.41) is 9.03. The second kappa shape index (κ2) is 7.79. The highest BCUT2D eigenvalue weighted by atomic mass is 79.9. The monoisotopic (exact) mass is 379 g/mol. The summed E-state index contributed by atoms with van der Waals surface area (Å²) in [6.45, 7) is 3.33. The lowest BCUT2D eigenvalue weighted by molar-refractivity contribution is 0.260. The molecule has 1 aromatic rings. The largest absolute Gasteiger partial charge is 0.493 e. The number of nitrogens with zero attached hydrogens (tertiary/aromatic N) is 1. The van der Waals surface area contributed by atoms with Crippen LogP contribution < -0.4 is 9.47 Å². The number of ether oxygens (including phenoxy) is 2. The Balaban J connectivity index is 3.39. The molecule has 0 saturated heterocycles. The molecule has 0 unspecified atom stereocenters. The first-order valence-electron chi connectivity index (χ1n) is 6.05. The Hall–Kier alpha value is -1.09. The molecule has 0 saturated carbocycles. The van der Waals surface area contributed by atoms with Crippen LogP contribution in [-0.2, 0) is 10.0 Å². The van der Waals surface area contributed by atoms with Gasteiger partial charge in [-0.05, 0) is 22.0 Å². The Bertz CT molecular complexity index is 603. The second-order valence-corrected chi connectivity index (χ2v) is 6.77. The number of hydrogen-bond donors (Lipinski definition) is 1. The van der Waals surface area contributed by atoms with Crippen molar-refractivity contribution < 1.29 is 23.0 Å². The van der Waals surface area contributed by atoms with Gasteiger partial charge in [-0.25, -0.2) is 8.42 Å². The van der Waals surface area contributed by atoms with E-state index in [-0.39, 0.29) is 24.6 Å². The lowest BCUT2D eigenvalue weighted by atomic mass is 10.3. The van der Waals surface area contributed by atoms with Crippen molar-refractivity contribution in [2.75, 3.05) is 33.9 Å². The minimum absolute atomic E-state index is 0.0187. The van der Waals surface area contributed by atoms with Crippen molar-refractivity contribution in [1.29, 1.82) is 0 Å². The smallest absolute Gasteiger partial charge is 0.244 e. The minimum Gasteiger partial charge on any atom is -0.493 e. The molecule has 21 heavy (non-hydrogen) atoms. The van der Waals surface area contributed by atoms with E-state index in [0.717, 1.165) is 4.31 Å². The molecule has 0 spiro atoms. The number of methoxy groups -OCH3 is 2. The number of aliphatic hydroxyl groups excluding tert-OH is 1. The number of aliphatic hydroxyl groups is 1. The SMILES string of the molecule is C=CCN(CCO)S(=O)(=O)c1cc(OC)c(OC)cc1Br. The van der Waals surface area contributed by atoms with Gasteiger partial charge in [0.2, 0.25) is 10.0 Å². The first-order chi connectivity index (χ1) is 9.92. The Morgan fingerprint density at radius 1 is 1.33 bits per heavy atom. The van der Waals surface area contributed by atoms with Gasteiger partial charge in [0.25, 0.3) is 0 Å². The molecule has 0 radical (unpaired) electrons. The summed E-state index contributed by atoms with van der Waals surface area (Å²) in [6, 6.07) is 2.91. The van der Waals surface area contributed by atoms with Crippen LogP contribution in [0.2, 0.25) is 0 Å². The molecule has 0 fully saturated rings. The molecule has 0 amide bonds. The zero-order chi connectivity index (χ0) is 16.0. The normalized spacial score (nSPS) is 11.5. The van der Waals surface area contributed by atoms with Crippen LogP contribution in [0, 0.1) is 0 Å². The maximum Gasteiger partial charge on any atom is 0.244 e. The van der Waals surface area contributed by atoms with E-state index in [2.05, 4.69) is 22.5 Å². The van der Waals surface area contributed by atoms with Crippen LogP contribution >= 0.6 is 15.9 Å². The second-order valence-electron chi connectivity index (χ2n) is 4.01. The summed E-state index contributed by atoms with van der Waals surface area (Å²) in [5.41, 5.74) is 0. The van der Waals surface area contributed by atoms with E-state index >= 15 is 0 Å². The van der Waals surface area contributed by atoms with Crippen LogP contribution in [0.4, 0.5) is 0 Å². The summed E-state index contributed by atoms with van der Waals surface area (Å²) < 4.78 is 37.0. The van der Waals surface area contributed by atoms with Gasteiger partial charge in [-0.1, -0.05) is 6.08 Å². The number of sulfonamides is 1. The van der Waals surface area contributed by atoms with Gasteiger partial charge in [-0.15, -0.1) is 6.58 Å². The molecule has 0 aliphatic carbocycles. The lowest BCUT2D eigenvalue weighted by Gasteiger charge is -2.21. The molecule has 0 atom stereocenters. The highest BCUT2D eigenvalue weighted by Crippen LogP contribution is 2.36. The van der Waals surface area contributed by atoms with Crippen LogP contribution in [0.25, 0.3) is 0 Å². The topological polar surface area (TPSA) is 76.1 Å². The minimum atomic E-state index is -3.79. The number of rotatable bonds is 8. The third-order valence-corrected chi connectivity index (χ3v) is 5.56. The molecule has 0 heterocycles. The standard InChI is InChI=1S/C13H18BrNO5S/c1-4-5-15(6-7-16)21(17,18)13-9-12(20-3)11(19-2)8-10(13)14/h4,8-9,16H,1,5-7H2,2-3H3. The van der Waals surface area contributed by atoms with Crippen LogP contribution in [0.1, 0.15) is 0 Å². The van der Waals surface area contributed by atoms with Crippen molar-refractivity contribution in [1.82, 2.24) is 4.31 Å². The van der Waals surface area contributed by atoms with Crippen LogP contribution in [0.15, 0.2) is 34.2 Å². The van der Waals surface area contributed by atoms with Crippen molar-refractivity contribution in [2.45, 2.75) is 4.90 Å². The summed E-state index contributed by atoms with van der Waals surface area (Å²) in [4.78, 5) is 0.0375. The predicted octanol–water partition coefficient (Wildman–Crippen LogP) is 1.64. The van der Waals surface area contributed by atoms with Crippen molar-refractivity contribution in [3.63, 3.8) is 0 Å². The molecule has 6 nitrogen and oxygen atoms in total. The molecule has 1 rings (SSSR count). The van der Waals surface area contributed by atoms with Crippen molar-refractivity contribution in [3.8, 4) is 11.5 Å². The van der Waals surface area contributed by atoms with Gasteiger partial charge in [0.05, 0.1) is 20.8 Å². The predicted molar refractivity (Wildman–Crippen MR) is 83.3 cm³/mol. The number of halogens is 1. The van der Waals surface area contributed by atoms with E-state index in [9.17, 15) is 8.42 Å². The van der Waals surface area contributed by atoms with E-state index < -0.39 is 10.0 Å². The van der Waals surface area contributed by atoms with E-state index in [1.807, 2.05) is 0 Å². The maximum atomic E-state index is 12.6. The van der Waals surface area contributed by atoms with Crippen molar-refractivity contribution in [2.24, 2.45) is 0 Å². The van der Waals surface area contributed by atoms with Crippen molar-refractivity contribution >= 4 is 26.0 Å². The zero-order valence-corrected chi connectivity index (χ0v) is 14.3. The fourth-order valence-electron chi connectivity index (χ4n) is 1.74. The first kappa shape index (κ1) is 18.0.